The van der Waals surface area contributed by atoms with Crippen LogP contribution in [0.15, 0.2) is 48.5 Å². The third-order valence-electron chi connectivity index (χ3n) is 6.18. The van der Waals surface area contributed by atoms with Crippen LogP contribution >= 0.6 is 11.6 Å². The van der Waals surface area contributed by atoms with E-state index in [1.165, 1.54) is 23.1 Å². The first-order valence-electron chi connectivity index (χ1n) is 11.5. The van der Waals surface area contributed by atoms with Crippen LogP contribution in [0, 0.1) is 10.1 Å². The molecule has 194 valence electrons. The summed E-state index contributed by atoms with van der Waals surface area (Å²) in [4.78, 5) is 38.4. The van der Waals surface area contributed by atoms with E-state index in [1.54, 1.807) is 31.2 Å². The van der Waals surface area contributed by atoms with Crippen molar-refractivity contribution in [3.63, 3.8) is 0 Å². The van der Waals surface area contributed by atoms with E-state index in [1.807, 2.05) is 0 Å². The quantitative estimate of drug-likeness (QED) is 0.365. The number of carbonyl (C=O) groups excluding carboxylic acids is 2. The summed E-state index contributed by atoms with van der Waals surface area (Å²) in [5, 5.41) is 14.6. The molecule has 1 saturated carbocycles. The highest BCUT2D eigenvalue weighted by Gasteiger charge is 2.32. The average molecular weight is 537 g/mol. The van der Waals surface area contributed by atoms with E-state index >= 15 is 0 Å². The molecule has 0 spiro atoms. The summed E-state index contributed by atoms with van der Waals surface area (Å²) in [6.07, 6.45) is 4.69. The molecular formula is C24H29ClN4O6S. The fraction of sp³-hybridized carbons (Fsp3) is 0.417. The van der Waals surface area contributed by atoms with E-state index in [4.69, 9.17) is 11.6 Å². The van der Waals surface area contributed by atoms with Gasteiger partial charge in [0.25, 0.3) is 5.69 Å². The molecular weight excluding hydrogens is 508 g/mol. The van der Waals surface area contributed by atoms with E-state index in [0.717, 1.165) is 42.3 Å². The summed E-state index contributed by atoms with van der Waals surface area (Å²) in [6.45, 7) is 0.910. The second-order valence-corrected chi connectivity index (χ2v) is 11.1. The van der Waals surface area contributed by atoms with Crippen LogP contribution in [-0.4, -0.2) is 54.9 Å². The molecule has 0 aliphatic heterocycles. The lowest BCUT2D eigenvalue weighted by atomic mass is 10.1. The number of hydrogen-bond donors (Lipinski definition) is 1. The van der Waals surface area contributed by atoms with Gasteiger partial charge < -0.3 is 10.2 Å². The second kappa shape index (κ2) is 11.7. The van der Waals surface area contributed by atoms with Gasteiger partial charge in [0.2, 0.25) is 21.8 Å². The van der Waals surface area contributed by atoms with Crippen LogP contribution in [0.5, 0.6) is 0 Å². The molecule has 3 rings (SSSR count). The summed E-state index contributed by atoms with van der Waals surface area (Å²) in [7, 11) is -4.00. The highest BCUT2D eigenvalue weighted by Crippen LogP contribution is 2.25. The average Bonchev–Trinajstić information content (AvgIpc) is 3.33. The van der Waals surface area contributed by atoms with Gasteiger partial charge in [-0.2, -0.15) is 0 Å². The first kappa shape index (κ1) is 27.4. The number of nitro groups is 1. The number of amides is 2. The maximum atomic E-state index is 13.6. The molecule has 1 aliphatic rings. The standard InChI is InChI=1S/C24H29ClN4O6S/c1-17(24(31)26-19-9-4-5-10-19)27(15-18-8-3-6-13-22(18)25)23(30)16-28(36(2,34)35)20-11-7-12-21(14-20)29(32)33/h3,6-8,11-14,17,19H,4-5,9-10,15-16H2,1-2H3,(H,26,31)/t17-/m1/s1. The Morgan fingerprint density at radius 2 is 1.83 bits per heavy atom. The maximum Gasteiger partial charge on any atom is 0.271 e. The number of rotatable bonds is 10. The first-order chi connectivity index (χ1) is 17.0. The van der Waals surface area contributed by atoms with Gasteiger partial charge in [-0.25, -0.2) is 8.42 Å². The SMILES string of the molecule is C[C@H](C(=O)NC1CCCC1)N(Cc1ccccc1Cl)C(=O)CN(c1cccc([N+](=O)[O-])c1)S(C)(=O)=O. The molecule has 0 saturated heterocycles. The number of sulfonamides is 1. The maximum absolute atomic E-state index is 13.6. The molecule has 0 aromatic heterocycles. The van der Waals surface area contributed by atoms with Crippen molar-refractivity contribution in [3.05, 3.63) is 69.2 Å². The van der Waals surface area contributed by atoms with Gasteiger partial charge in [-0.1, -0.05) is 48.7 Å². The van der Waals surface area contributed by atoms with Crippen LogP contribution in [0.3, 0.4) is 0 Å². The van der Waals surface area contributed by atoms with E-state index in [2.05, 4.69) is 5.32 Å². The molecule has 10 nitrogen and oxygen atoms in total. The van der Waals surface area contributed by atoms with Crippen molar-refractivity contribution < 1.29 is 22.9 Å². The lowest BCUT2D eigenvalue weighted by Gasteiger charge is -2.32. The number of nitro benzene ring substituents is 1. The molecule has 1 aliphatic carbocycles. The van der Waals surface area contributed by atoms with E-state index in [9.17, 15) is 28.1 Å². The monoisotopic (exact) mass is 536 g/mol. The van der Waals surface area contributed by atoms with E-state index < -0.39 is 33.4 Å². The van der Waals surface area contributed by atoms with Crippen LogP contribution < -0.4 is 9.62 Å². The number of nitrogens with one attached hydrogen (secondary N) is 1. The van der Waals surface area contributed by atoms with Gasteiger partial charge in [-0.3, -0.25) is 24.0 Å². The Morgan fingerprint density at radius 3 is 2.44 bits per heavy atom. The third kappa shape index (κ3) is 6.94. The Labute approximate surface area is 215 Å². The summed E-state index contributed by atoms with van der Waals surface area (Å²) >= 11 is 6.31. The Balaban J connectivity index is 1.91. The molecule has 0 radical (unpaired) electrons. The highest BCUT2D eigenvalue weighted by molar-refractivity contribution is 7.92. The number of non-ortho nitro benzene ring substituents is 1. The van der Waals surface area contributed by atoms with Crippen molar-refractivity contribution in [2.45, 2.75) is 51.2 Å². The molecule has 1 atom stereocenters. The lowest BCUT2D eigenvalue weighted by Crippen LogP contribution is -2.52. The molecule has 1 N–H and O–H groups in total. The predicted octanol–water partition coefficient (Wildman–Crippen LogP) is 3.49. The Morgan fingerprint density at radius 1 is 1.17 bits per heavy atom. The van der Waals surface area contributed by atoms with Gasteiger partial charge >= 0.3 is 0 Å². The molecule has 36 heavy (non-hydrogen) atoms. The first-order valence-corrected chi connectivity index (χ1v) is 13.8. The highest BCUT2D eigenvalue weighted by atomic mass is 35.5. The van der Waals surface area contributed by atoms with Gasteiger partial charge in [0.15, 0.2) is 0 Å². The number of nitrogens with zero attached hydrogens (tertiary/aromatic N) is 3. The molecule has 2 amide bonds. The molecule has 12 heteroatoms. The lowest BCUT2D eigenvalue weighted by molar-refractivity contribution is -0.384. The molecule has 1 fully saturated rings. The smallest absolute Gasteiger partial charge is 0.271 e. The van der Waals surface area contributed by atoms with E-state index in [0.29, 0.717) is 10.6 Å². The molecule has 2 aromatic carbocycles. The van der Waals surface area contributed by atoms with Crippen LogP contribution in [0.25, 0.3) is 0 Å². The minimum absolute atomic E-state index is 0.0235. The zero-order chi connectivity index (χ0) is 26.5. The van der Waals surface area contributed by atoms with Crippen molar-refractivity contribution >= 4 is 44.8 Å². The second-order valence-electron chi connectivity index (χ2n) is 8.83. The van der Waals surface area contributed by atoms with Crippen molar-refractivity contribution in [1.82, 2.24) is 10.2 Å². The fourth-order valence-corrected chi connectivity index (χ4v) is 5.20. The normalized spacial score (nSPS) is 14.8. The van der Waals surface area contributed by atoms with Crippen LogP contribution in [0.4, 0.5) is 11.4 Å². The van der Waals surface area contributed by atoms with Gasteiger partial charge in [-0.15, -0.1) is 0 Å². The van der Waals surface area contributed by atoms with Gasteiger partial charge in [0.1, 0.15) is 12.6 Å². The summed E-state index contributed by atoms with van der Waals surface area (Å²) in [5.74, 6) is -0.996. The number of carbonyl (C=O) groups is 2. The number of hydrogen-bond acceptors (Lipinski definition) is 6. The summed E-state index contributed by atoms with van der Waals surface area (Å²) in [6, 6.07) is 11.0. The zero-order valence-corrected chi connectivity index (χ0v) is 21.7. The topological polar surface area (TPSA) is 130 Å². The van der Waals surface area contributed by atoms with Crippen LogP contribution in [0.2, 0.25) is 5.02 Å². The largest absolute Gasteiger partial charge is 0.352 e. The van der Waals surface area contributed by atoms with Gasteiger partial charge in [0.05, 0.1) is 16.9 Å². The van der Waals surface area contributed by atoms with E-state index in [-0.39, 0.29) is 29.9 Å². The summed E-state index contributed by atoms with van der Waals surface area (Å²) < 4.78 is 26.0. The Hall–Kier alpha value is -3.18. The summed E-state index contributed by atoms with van der Waals surface area (Å²) in [5.41, 5.74) is 0.251. The van der Waals surface area contributed by atoms with Crippen LogP contribution in [-0.2, 0) is 26.2 Å². The number of anilines is 1. The van der Waals surface area contributed by atoms with Crippen molar-refractivity contribution in [1.29, 1.82) is 0 Å². The number of benzene rings is 2. The minimum atomic E-state index is -4.00. The predicted molar refractivity (Wildman–Crippen MR) is 137 cm³/mol. The van der Waals surface area contributed by atoms with Crippen molar-refractivity contribution in [2.24, 2.45) is 0 Å². The van der Waals surface area contributed by atoms with Crippen LogP contribution in [0.1, 0.15) is 38.2 Å². The van der Waals surface area contributed by atoms with Gasteiger partial charge in [0, 0.05) is 29.7 Å². The Kier molecular flexibility index (Phi) is 8.91. The zero-order valence-electron chi connectivity index (χ0n) is 20.1. The number of halogens is 1. The third-order valence-corrected chi connectivity index (χ3v) is 7.68. The van der Waals surface area contributed by atoms with Crippen molar-refractivity contribution in [3.8, 4) is 0 Å². The van der Waals surface area contributed by atoms with Crippen molar-refractivity contribution in [2.75, 3.05) is 17.1 Å². The fourth-order valence-electron chi connectivity index (χ4n) is 4.16. The Bertz CT molecular complexity index is 1230. The molecule has 0 bridgehead atoms. The van der Waals surface area contributed by atoms with Gasteiger partial charge in [-0.05, 0) is 37.5 Å². The minimum Gasteiger partial charge on any atom is -0.352 e. The molecule has 2 aromatic rings. The molecule has 0 heterocycles. The molecule has 0 unspecified atom stereocenters.